The number of aryl methyl sites for hydroxylation is 2. The molecule has 230 valence electrons. The number of aliphatic imine (C=N–C) groups is 2. The number of likely N-dealkylation sites (tertiary alicyclic amines) is 1. The molecule has 0 aliphatic carbocycles. The van der Waals surface area contributed by atoms with Gasteiger partial charge in [-0.2, -0.15) is 0 Å². The summed E-state index contributed by atoms with van der Waals surface area (Å²) in [4.78, 5) is 31.8. The van der Waals surface area contributed by atoms with Crippen LogP contribution in [0.1, 0.15) is 92.8 Å². The van der Waals surface area contributed by atoms with E-state index in [2.05, 4.69) is 38.9 Å². The number of aromatic nitrogens is 3. The topological polar surface area (TPSA) is 87.8 Å². The van der Waals surface area contributed by atoms with Gasteiger partial charge in [-0.1, -0.05) is 26.2 Å². The van der Waals surface area contributed by atoms with Crippen molar-refractivity contribution in [2.24, 2.45) is 9.98 Å². The Balaban J connectivity index is 1.44. The van der Waals surface area contributed by atoms with Crippen LogP contribution >= 0.6 is 0 Å². The first-order chi connectivity index (χ1) is 20.6. The summed E-state index contributed by atoms with van der Waals surface area (Å²) in [6.07, 6.45) is 7.79. The molecule has 1 amide bonds. The summed E-state index contributed by atoms with van der Waals surface area (Å²) in [6.45, 7) is 15.6. The van der Waals surface area contributed by atoms with Gasteiger partial charge in [-0.15, -0.1) is 0 Å². The number of hydrogen-bond acceptors (Lipinski definition) is 6. The molecule has 1 aromatic carbocycles. The van der Waals surface area contributed by atoms with Crippen LogP contribution in [0.4, 0.5) is 14.6 Å². The lowest BCUT2D eigenvalue weighted by atomic mass is 10.0. The minimum atomic E-state index is -0.789. The molecule has 3 aromatic rings. The Labute approximate surface area is 253 Å². The van der Waals surface area contributed by atoms with Gasteiger partial charge in [-0.05, 0) is 84.5 Å². The Kier molecular flexibility index (Phi) is 10.9. The van der Waals surface area contributed by atoms with Crippen LogP contribution < -0.4 is 5.32 Å². The van der Waals surface area contributed by atoms with Crippen molar-refractivity contribution in [2.75, 3.05) is 19.6 Å². The molecule has 1 aliphatic heterocycles. The van der Waals surface area contributed by atoms with E-state index in [1.807, 2.05) is 23.3 Å². The van der Waals surface area contributed by atoms with Gasteiger partial charge in [-0.3, -0.25) is 9.79 Å². The number of halogens is 2. The summed E-state index contributed by atoms with van der Waals surface area (Å²) in [5.41, 5.74) is 1.89. The lowest BCUT2D eigenvalue weighted by Gasteiger charge is -2.32. The fourth-order valence-corrected chi connectivity index (χ4v) is 5.71. The third-order valence-electron chi connectivity index (χ3n) is 7.96. The van der Waals surface area contributed by atoms with E-state index in [1.165, 1.54) is 31.7 Å². The number of unbranched alkanes of at least 4 members (excludes halogenated alkanes) is 3. The molecule has 10 heteroatoms. The fraction of sp³-hybridized carbons (Fsp3) is 0.485. The molecule has 1 N–H and O–H groups in total. The first kappa shape index (κ1) is 32.1. The molecule has 3 heterocycles. The normalized spacial score (nSPS) is 15.1. The maximum atomic E-state index is 15.3. The third-order valence-corrected chi connectivity index (χ3v) is 7.96. The highest BCUT2D eigenvalue weighted by molar-refractivity contribution is 5.96. The highest BCUT2D eigenvalue weighted by Crippen LogP contribution is 2.29. The fourth-order valence-electron chi connectivity index (χ4n) is 5.71. The van der Waals surface area contributed by atoms with E-state index in [1.54, 1.807) is 32.0 Å². The molecule has 4 rings (SSSR count). The van der Waals surface area contributed by atoms with Crippen LogP contribution in [0.2, 0.25) is 0 Å². The van der Waals surface area contributed by atoms with Gasteiger partial charge in [-0.25, -0.2) is 23.7 Å². The molecule has 0 bridgehead atoms. The van der Waals surface area contributed by atoms with Crippen LogP contribution in [0.15, 0.2) is 40.1 Å². The van der Waals surface area contributed by atoms with E-state index in [4.69, 9.17) is 0 Å². The highest BCUT2D eigenvalue weighted by Gasteiger charge is 2.25. The quantitative estimate of drug-likeness (QED) is 0.177. The van der Waals surface area contributed by atoms with Crippen LogP contribution in [0.25, 0.3) is 16.7 Å². The van der Waals surface area contributed by atoms with Gasteiger partial charge in [0.25, 0.3) is 5.91 Å². The molecule has 0 saturated carbocycles. The zero-order valence-corrected chi connectivity index (χ0v) is 26.0. The van der Waals surface area contributed by atoms with Gasteiger partial charge in [0, 0.05) is 30.7 Å². The number of imidazole rings is 1. The average Bonchev–Trinajstić information content (AvgIpc) is 3.33. The number of piperidine rings is 1. The monoisotopic (exact) mass is 591 g/mol. The number of hydrogen-bond donors (Lipinski definition) is 1. The number of fused-ring (bicyclic) bond motifs is 1. The molecule has 0 spiro atoms. The second kappa shape index (κ2) is 14.6. The SMILES string of the molecule is C=N/C(=C(F)\C=N/c1ccc(C(=O)N2CCC(NCCCCCC)CC2)c(C)n1)c1cc(F)c2nc(C)n(C(C)C)c2c1. The van der Waals surface area contributed by atoms with E-state index < -0.39 is 11.6 Å². The Morgan fingerprint density at radius 3 is 2.56 bits per heavy atom. The van der Waals surface area contributed by atoms with Crippen molar-refractivity contribution in [1.82, 2.24) is 24.8 Å². The first-order valence-electron chi connectivity index (χ1n) is 15.2. The number of amides is 1. The van der Waals surface area contributed by atoms with E-state index in [-0.39, 0.29) is 34.5 Å². The van der Waals surface area contributed by atoms with Crippen LogP contribution in [-0.4, -0.2) is 64.0 Å². The summed E-state index contributed by atoms with van der Waals surface area (Å²) < 4.78 is 32.1. The number of nitrogens with one attached hydrogen (secondary N) is 1. The third kappa shape index (κ3) is 7.60. The van der Waals surface area contributed by atoms with E-state index in [9.17, 15) is 9.18 Å². The zero-order valence-electron chi connectivity index (χ0n) is 26.0. The van der Waals surface area contributed by atoms with Crippen molar-refractivity contribution in [3.63, 3.8) is 0 Å². The second-order valence-corrected chi connectivity index (χ2v) is 11.4. The molecule has 8 nitrogen and oxygen atoms in total. The Bertz CT molecular complexity index is 1520. The van der Waals surface area contributed by atoms with Gasteiger partial charge in [0.15, 0.2) is 17.5 Å². The summed E-state index contributed by atoms with van der Waals surface area (Å²) in [5.74, 6) is -0.504. The number of carbonyl (C=O) groups is 1. The number of allylic oxidation sites excluding steroid dienone is 1. The summed E-state index contributed by atoms with van der Waals surface area (Å²) in [7, 11) is 0. The molecule has 1 aliphatic rings. The lowest BCUT2D eigenvalue weighted by molar-refractivity contribution is 0.0704. The molecule has 0 radical (unpaired) electrons. The minimum Gasteiger partial charge on any atom is -0.338 e. The van der Waals surface area contributed by atoms with Gasteiger partial charge < -0.3 is 14.8 Å². The standard InChI is InChI=1S/C33H43F2N7O/c1-7-8-9-10-15-37-25-13-16-41(17-14-25)33(43)26-11-12-30(39-22(26)4)38-20-28(35)31(36-6)24-18-27(34)32-29(19-24)42(21(2)3)23(5)40-32/h11-12,18-21,25,37H,6-10,13-17H2,1-5H3/b31-28+,38-20-. The maximum Gasteiger partial charge on any atom is 0.255 e. The number of carbonyl (C=O) groups excluding carboxylic acids is 1. The summed E-state index contributed by atoms with van der Waals surface area (Å²) >= 11 is 0. The minimum absolute atomic E-state index is 0.0355. The smallest absolute Gasteiger partial charge is 0.255 e. The number of rotatable bonds is 12. The van der Waals surface area contributed by atoms with Crippen LogP contribution in [0.5, 0.6) is 0 Å². The van der Waals surface area contributed by atoms with E-state index >= 15 is 4.39 Å². The molecule has 0 unspecified atom stereocenters. The lowest BCUT2D eigenvalue weighted by Crippen LogP contribution is -2.45. The first-order valence-corrected chi connectivity index (χ1v) is 15.2. The number of pyridine rings is 1. The van der Waals surface area contributed by atoms with E-state index in [0.29, 0.717) is 41.7 Å². The van der Waals surface area contributed by atoms with Crippen molar-refractivity contribution in [1.29, 1.82) is 0 Å². The highest BCUT2D eigenvalue weighted by atomic mass is 19.1. The van der Waals surface area contributed by atoms with Gasteiger partial charge in [0.05, 0.1) is 23.0 Å². The summed E-state index contributed by atoms with van der Waals surface area (Å²) in [5, 5.41) is 3.63. The molecule has 43 heavy (non-hydrogen) atoms. The molecular weight excluding hydrogens is 548 g/mol. The Morgan fingerprint density at radius 1 is 1.16 bits per heavy atom. The molecule has 2 aromatic heterocycles. The second-order valence-electron chi connectivity index (χ2n) is 11.4. The van der Waals surface area contributed by atoms with Crippen molar-refractivity contribution in [3.8, 4) is 0 Å². The molecule has 0 atom stereocenters. The van der Waals surface area contributed by atoms with Crippen LogP contribution in [0, 0.1) is 19.7 Å². The maximum absolute atomic E-state index is 15.3. The van der Waals surface area contributed by atoms with Gasteiger partial charge in [0.2, 0.25) is 0 Å². The largest absolute Gasteiger partial charge is 0.338 e. The van der Waals surface area contributed by atoms with Crippen molar-refractivity contribution >= 4 is 41.4 Å². The van der Waals surface area contributed by atoms with Crippen LogP contribution in [0.3, 0.4) is 0 Å². The van der Waals surface area contributed by atoms with E-state index in [0.717, 1.165) is 25.6 Å². The predicted octanol–water partition coefficient (Wildman–Crippen LogP) is 7.28. The molecular formula is C33H43F2N7O. The van der Waals surface area contributed by atoms with Crippen molar-refractivity contribution in [3.05, 3.63) is 58.6 Å². The number of benzene rings is 1. The number of nitrogens with zero attached hydrogens (tertiary/aromatic N) is 6. The van der Waals surface area contributed by atoms with Crippen molar-refractivity contribution < 1.29 is 13.6 Å². The molecule has 1 saturated heterocycles. The van der Waals surface area contributed by atoms with Crippen molar-refractivity contribution in [2.45, 2.75) is 85.2 Å². The Hall–Kier alpha value is -3.79. The van der Waals surface area contributed by atoms with Crippen LogP contribution in [-0.2, 0) is 0 Å². The van der Waals surface area contributed by atoms with Gasteiger partial charge >= 0.3 is 0 Å². The average molecular weight is 592 g/mol. The zero-order chi connectivity index (χ0) is 31.1. The Morgan fingerprint density at radius 2 is 1.91 bits per heavy atom. The molecule has 1 fully saturated rings. The summed E-state index contributed by atoms with van der Waals surface area (Å²) in [6, 6.07) is 6.61. The van der Waals surface area contributed by atoms with Gasteiger partial charge in [0.1, 0.15) is 17.0 Å². The predicted molar refractivity (Wildman–Crippen MR) is 171 cm³/mol.